The van der Waals surface area contributed by atoms with Gasteiger partial charge in [-0.15, -0.1) is 0 Å². The SMILES string of the molecule is CC[NH+](O)O.[Cl-]. The molecule has 0 aromatic heterocycles. The Kier molecular flexibility index (Phi) is 8.17. The number of quaternary nitrogens is 1. The number of rotatable bonds is 1. The standard InChI is InChI=1S/C2H7NO2.ClH/c1-2-3(4)5;/h4-5H,2H2,1H3;1H. The summed E-state index contributed by atoms with van der Waals surface area (Å²) in [7, 11) is 0. The first-order valence-corrected chi connectivity index (χ1v) is 1.51. The maximum Gasteiger partial charge on any atom is 0.137 e. The first-order valence-electron chi connectivity index (χ1n) is 1.51. The molecule has 0 amide bonds. The zero-order valence-electron chi connectivity index (χ0n) is 3.48. The van der Waals surface area contributed by atoms with Gasteiger partial charge in [0.25, 0.3) is 0 Å². The molecule has 3 N–H and O–H groups in total. The molecule has 40 valence electrons. The van der Waals surface area contributed by atoms with Crippen molar-refractivity contribution in [1.29, 1.82) is 0 Å². The van der Waals surface area contributed by atoms with Gasteiger partial charge in [-0.05, 0) is 6.92 Å². The van der Waals surface area contributed by atoms with Crippen LogP contribution < -0.4 is 17.6 Å². The molecule has 0 fully saturated rings. The molecule has 0 aliphatic heterocycles. The lowest BCUT2D eigenvalue weighted by Crippen LogP contribution is -3.06. The summed E-state index contributed by atoms with van der Waals surface area (Å²) in [5.74, 6) is 0. The Balaban J connectivity index is 0. The third-order valence-electron chi connectivity index (χ3n) is 0.316. The molecule has 6 heavy (non-hydrogen) atoms. The minimum atomic E-state index is -0.495. The Morgan fingerprint density at radius 2 is 1.67 bits per heavy atom. The van der Waals surface area contributed by atoms with Crippen molar-refractivity contribution in [3.05, 3.63) is 0 Å². The van der Waals surface area contributed by atoms with Crippen molar-refractivity contribution in [3.63, 3.8) is 0 Å². The minimum Gasteiger partial charge on any atom is -1.00 e. The highest BCUT2D eigenvalue weighted by Crippen LogP contribution is 1.24. The van der Waals surface area contributed by atoms with Crippen LogP contribution in [0.3, 0.4) is 0 Å². The Labute approximate surface area is 42.5 Å². The third kappa shape index (κ3) is 8.90. The summed E-state index contributed by atoms with van der Waals surface area (Å²) in [6, 6.07) is 0. The summed E-state index contributed by atoms with van der Waals surface area (Å²) in [5, 5.41) is 15.2. The van der Waals surface area contributed by atoms with Crippen LogP contribution in [0.4, 0.5) is 0 Å². The molecule has 4 heteroatoms. The lowest BCUT2D eigenvalue weighted by molar-refractivity contribution is -1.24. The van der Waals surface area contributed by atoms with Crippen LogP contribution in [0.1, 0.15) is 6.92 Å². The molecular weight excluding hydrogens is 105 g/mol. The number of hydroxylamine groups is 2. The lowest BCUT2D eigenvalue weighted by Gasteiger charge is -1.89. The molecule has 0 aliphatic rings. The predicted octanol–water partition coefficient (Wildman–Crippen LogP) is -4.33. The van der Waals surface area contributed by atoms with Gasteiger partial charge < -0.3 is 12.4 Å². The van der Waals surface area contributed by atoms with Gasteiger partial charge in [0.1, 0.15) is 6.54 Å². The maximum atomic E-state index is 7.83. The highest BCUT2D eigenvalue weighted by atomic mass is 35.5. The van der Waals surface area contributed by atoms with E-state index in [2.05, 4.69) is 0 Å². The van der Waals surface area contributed by atoms with Crippen LogP contribution in [0.25, 0.3) is 0 Å². The van der Waals surface area contributed by atoms with Crippen LogP contribution in [0.15, 0.2) is 0 Å². The highest BCUT2D eigenvalue weighted by Gasteiger charge is 1.82. The van der Waals surface area contributed by atoms with Crippen LogP contribution in [0.5, 0.6) is 0 Å². The molecule has 3 nitrogen and oxygen atoms in total. The normalized spacial score (nSPS) is 8.00. The van der Waals surface area contributed by atoms with E-state index >= 15 is 0 Å². The molecule has 0 bridgehead atoms. The average molecular weight is 114 g/mol. The molecule has 0 saturated carbocycles. The molecule has 0 spiro atoms. The van der Waals surface area contributed by atoms with Gasteiger partial charge in [0, 0.05) is 0 Å². The summed E-state index contributed by atoms with van der Waals surface area (Å²) in [6.07, 6.45) is 0. The Morgan fingerprint density at radius 3 is 1.67 bits per heavy atom. The first-order chi connectivity index (χ1) is 2.27. The average Bonchev–Trinajstić information content (AvgIpc) is 1.38. The smallest absolute Gasteiger partial charge is 0.137 e. The summed E-state index contributed by atoms with van der Waals surface area (Å²) in [6.45, 7) is 2.00. The van der Waals surface area contributed by atoms with E-state index < -0.39 is 5.23 Å². The summed E-state index contributed by atoms with van der Waals surface area (Å²) in [4.78, 5) is 0. The lowest BCUT2D eigenvalue weighted by atomic mass is 10.8. The highest BCUT2D eigenvalue weighted by molar-refractivity contribution is 3.83. The molecule has 0 unspecified atom stereocenters. The molecule has 0 radical (unpaired) electrons. The molecular formula is C2H8ClNO2. The second kappa shape index (κ2) is 5.17. The van der Waals surface area contributed by atoms with Crippen molar-refractivity contribution in [2.75, 3.05) is 6.54 Å². The molecule has 0 atom stereocenters. The fourth-order valence-electron chi connectivity index (χ4n) is 0. The van der Waals surface area contributed by atoms with Crippen molar-refractivity contribution < 1.29 is 28.0 Å². The number of halogens is 1. The van der Waals surface area contributed by atoms with E-state index in [-0.39, 0.29) is 12.4 Å². The van der Waals surface area contributed by atoms with Crippen LogP contribution in [-0.2, 0) is 0 Å². The zero-order valence-corrected chi connectivity index (χ0v) is 4.24. The van der Waals surface area contributed by atoms with Gasteiger partial charge in [0.05, 0.1) is 0 Å². The van der Waals surface area contributed by atoms with Gasteiger partial charge >= 0.3 is 0 Å². The van der Waals surface area contributed by atoms with E-state index in [0.717, 1.165) is 0 Å². The van der Waals surface area contributed by atoms with Crippen molar-refractivity contribution in [1.82, 2.24) is 0 Å². The monoisotopic (exact) mass is 113 g/mol. The summed E-state index contributed by atoms with van der Waals surface area (Å²) >= 11 is 0. The van der Waals surface area contributed by atoms with Crippen LogP contribution in [0, 0.1) is 0 Å². The molecule has 0 heterocycles. The Bertz CT molecular complexity index is 25.5. The molecule has 0 aromatic rings. The fraction of sp³-hybridized carbons (Fsp3) is 1.00. The van der Waals surface area contributed by atoms with Gasteiger partial charge in [-0.2, -0.15) is 10.4 Å². The summed E-state index contributed by atoms with van der Waals surface area (Å²) < 4.78 is 0. The van der Waals surface area contributed by atoms with Crippen LogP contribution in [0.2, 0.25) is 0 Å². The first kappa shape index (κ1) is 9.48. The quantitative estimate of drug-likeness (QED) is 0.301. The second-order valence-electron chi connectivity index (χ2n) is 0.770. The zero-order chi connectivity index (χ0) is 4.28. The van der Waals surface area contributed by atoms with E-state index in [4.69, 9.17) is 10.4 Å². The molecule has 0 aromatic carbocycles. The minimum absolute atomic E-state index is 0. The largest absolute Gasteiger partial charge is 1.00 e. The Morgan fingerprint density at radius 1 is 1.50 bits per heavy atom. The van der Waals surface area contributed by atoms with E-state index in [0.29, 0.717) is 6.54 Å². The van der Waals surface area contributed by atoms with Crippen LogP contribution >= 0.6 is 0 Å². The number of nitrogens with one attached hydrogen (secondary N) is 1. The third-order valence-corrected chi connectivity index (χ3v) is 0.316. The fourth-order valence-corrected chi connectivity index (χ4v) is 0. The number of hydrogen-bond donors (Lipinski definition) is 3. The van der Waals surface area contributed by atoms with E-state index in [1.165, 1.54) is 0 Å². The Hall–Kier alpha value is 0.170. The second-order valence-corrected chi connectivity index (χ2v) is 0.770. The topological polar surface area (TPSA) is 44.9 Å². The van der Waals surface area contributed by atoms with Gasteiger partial charge in [-0.25, -0.2) is 0 Å². The van der Waals surface area contributed by atoms with Crippen molar-refractivity contribution in [2.24, 2.45) is 0 Å². The number of hydrogen-bond acceptors (Lipinski definition) is 2. The molecule has 0 aliphatic carbocycles. The maximum absolute atomic E-state index is 7.83. The van der Waals surface area contributed by atoms with Gasteiger partial charge in [0.2, 0.25) is 0 Å². The van der Waals surface area contributed by atoms with Gasteiger partial charge in [-0.3, -0.25) is 0 Å². The molecule has 0 saturated heterocycles. The van der Waals surface area contributed by atoms with Crippen molar-refractivity contribution in [2.45, 2.75) is 6.92 Å². The van der Waals surface area contributed by atoms with E-state index in [9.17, 15) is 0 Å². The predicted molar refractivity (Wildman–Crippen MR) is 15.1 cm³/mol. The molecule has 0 rings (SSSR count). The van der Waals surface area contributed by atoms with Gasteiger partial charge in [-0.1, -0.05) is 5.23 Å². The van der Waals surface area contributed by atoms with E-state index in [1.807, 2.05) is 0 Å². The van der Waals surface area contributed by atoms with E-state index in [1.54, 1.807) is 6.92 Å². The van der Waals surface area contributed by atoms with Crippen molar-refractivity contribution in [3.8, 4) is 0 Å². The van der Waals surface area contributed by atoms with Crippen LogP contribution in [-0.4, -0.2) is 17.0 Å². The summed E-state index contributed by atoms with van der Waals surface area (Å²) in [5.41, 5.74) is 0. The van der Waals surface area contributed by atoms with Gasteiger partial charge in [0.15, 0.2) is 0 Å². The van der Waals surface area contributed by atoms with Crippen molar-refractivity contribution >= 4 is 0 Å².